The maximum Gasteiger partial charge on any atom is 0.0874 e. The number of fused-ring (bicyclic) bond motifs is 8. The van der Waals surface area contributed by atoms with Crippen LogP contribution in [-0.4, -0.2) is 9.97 Å². The topological polar surface area (TPSA) is 25.8 Å². The lowest BCUT2D eigenvalue weighted by molar-refractivity contribution is 0.645. The third-order valence-electron chi connectivity index (χ3n) is 16.1. The summed E-state index contributed by atoms with van der Waals surface area (Å²) in [5.41, 5.74) is 13.2. The highest BCUT2D eigenvalue weighted by molar-refractivity contribution is 5.68. The first-order valence-corrected chi connectivity index (χ1v) is 26.3. The van der Waals surface area contributed by atoms with E-state index in [2.05, 4.69) is 328 Å². The highest BCUT2D eigenvalue weighted by atomic mass is 14.8. The highest BCUT2D eigenvalue weighted by Crippen LogP contribution is 2.53. The smallest absolute Gasteiger partial charge is 0.0874 e. The average Bonchev–Trinajstić information content (AvgIpc) is 3.53. The van der Waals surface area contributed by atoms with Gasteiger partial charge in [0.25, 0.3) is 0 Å². The molecule has 0 N–H and O–H groups in total. The lowest BCUT2D eigenvalue weighted by atomic mass is 9.61. The largest absolute Gasteiger partial charge is 0.255 e. The molecule has 0 fully saturated rings. The number of nitrogens with zero attached hydrogens (tertiary/aromatic N) is 2. The number of hydrogen-bond acceptors (Lipinski definition) is 2. The van der Waals surface area contributed by atoms with Crippen LogP contribution in [0, 0.1) is 0 Å². The summed E-state index contributed by atoms with van der Waals surface area (Å²) in [6.45, 7) is 0. The van der Waals surface area contributed by atoms with Gasteiger partial charge in [0.05, 0.1) is 44.4 Å². The Morgan fingerprint density at radius 3 is 0.461 bits per heavy atom. The van der Waals surface area contributed by atoms with Crippen molar-refractivity contribution in [1.29, 1.82) is 0 Å². The molecule has 2 aromatic heterocycles. The van der Waals surface area contributed by atoms with Crippen molar-refractivity contribution in [1.82, 2.24) is 9.97 Å². The third-order valence-corrected chi connectivity index (χ3v) is 16.1. The molecule has 3 heterocycles. The average molecular weight is 971 g/mol. The van der Waals surface area contributed by atoms with Crippen molar-refractivity contribution in [3.63, 3.8) is 0 Å². The summed E-state index contributed by atoms with van der Waals surface area (Å²) in [6.07, 6.45) is 0. The SMILES string of the molecule is c1ccc(C2(c3ccccc3)c3cccc(c3)C(c3ccccc3)(c3ccccc3)c3cccc(n3)C(c3ccccc3)(c3ccccc3)c3cccc(c3)C(c3ccccc3)(c3ccccc3)c3cccc2n3)cc1. The van der Waals surface area contributed by atoms with Crippen molar-refractivity contribution in [2.75, 3.05) is 0 Å². The molecule has 0 atom stereocenters. The van der Waals surface area contributed by atoms with Gasteiger partial charge in [-0.25, -0.2) is 0 Å². The van der Waals surface area contributed by atoms with Crippen LogP contribution in [0.15, 0.2) is 328 Å². The maximum absolute atomic E-state index is 6.24. The van der Waals surface area contributed by atoms with Gasteiger partial charge in [-0.1, -0.05) is 303 Å². The van der Waals surface area contributed by atoms with Crippen LogP contribution in [0.4, 0.5) is 0 Å². The minimum Gasteiger partial charge on any atom is -0.255 e. The van der Waals surface area contributed by atoms with E-state index in [4.69, 9.17) is 9.97 Å². The van der Waals surface area contributed by atoms with Crippen molar-refractivity contribution in [3.8, 4) is 0 Å². The molecule has 0 radical (unpaired) electrons. The molecule has 13 rings (SSSR count). The second-order valence-electron chi connectivity index (χ2n) is 19.9. The van der Waals surface area contributed by atoms with Crippen LogP contribution in [0.25, 0.3) is 0 Å². The van der Waals surface area contributed by atoms with E-state index in [1.54, 1.807) is 0 Å². The van der Waals surface area contributed by atoms with Crippen LogP contribution in [0.5, 0.6) is 0 Å². The van der Waals surface area contributed by atoms with Crippen LogP contribution in [0.2, 0.25) is 0 Å². The quantitative estimate of drug-likeness (QED) is 0.152. The zero-order chi connectivity index (χ0) is 50.8. The van der Waals surface area contributed by atoms with E-state index in [0.717, 1.165) is 89.5 Å². The minimum atomic E-state index is -0.920. The monoisotopic (exact) mass is 970 g/mol. The van der Waals surface area contributed by atoms with Gasteiger partial charge in [-0.3, -0.25) is 9.97 Å². The molecule has 2 nitrogen and oxygen atoms in total. The normalized spacial score (nSPS) is 14.7. The van der Waals surface area contributed by atoms with Crippen molar-refractivity contribution in [2.24, 2.45) is 0 Å². The molecule has 12 aromatic rings. The van der Waals surface area contributed by atoms with Gasteiger partial charge >= 0.3 is 0 Å². The van der Waals surface area contributed by atoms with Crippen LogP contribution in [0.3, 0.4) is 0 Å². The Hall–Kier alpha value is -9.50. The number of pyridine rings is 2. The molecular weight excluding hydrogens is 917 g/mol. The summed E-state index contributed by atoms with van der Waals surface area (Å²) in [4.78, 5) is 12.5. The molecule has 0 aliphatic carbocycles. The molecule has 1 aliphatic heterocycles. The lowest BCUT2D eigenvalue weighted by Crippen LogP contribution is -2.38. The van der Waals surface area contributed by atoms with E-state index >= 15 is 0 Å². The molecule has 0 saturated carbocycles. The predicted octanol–water partition coefficient (Wildman–Crippen LogP) is 16.3. The Morgan fingerprint density at radius 2 is 0.289 bits per heavy atom. The Balaban J connectivity index is 1.29. The predicted molar refractivity (Wildman–Crippen MR) is 309 cm³/mol. The number of benzene rings is 10. The molecule has 8 bridgehead atoms. The van der Waals surface area contributed by atoms with E-state index in [1.165, 1.54) is 0 Å². The third kappa shape index (κ3) is 7.17. The van der Waals surface area contributed by atoms with Gasteiger partial charge in [0.2, 0.25) is 0 Å². The van der Waals surface area contributed by atoms with Crippen LogP contribution < -0.4 is 0 Å². The van der Waals surface area contributed by atoms with Crippen molar-refractivity contribution in [2.45, 2.75) is 21.7 Å². The summed E-state index contributed by atoms with van der Waals surface area (Å²) in [6, 6.07) is 120. The molecule has 0 spiro atoms. The van der Waals surface area contributed by atoms with Gasteiger partial charge < -0.3 is 0 Å². The Bertz CT molecular complexity index is 3140. The van der Waals surface area contributed by atoms with E-state index in [9.17, 15) is 0 Å². The summed E-state index contributed by atoms with van der Waals surface area (Å²) in [5.74, 6) is 0. The summed E-state index contributed by atoms with van der Waals surface area (Å²) >= 11 is 0. The number of aromatic nitrogens is 2. The zero-order valence-electron chi connectivity index (χ0n) is 42.1. The van der Waals surface area contributed by atoms with Gasteiger partial charge in [0, 0.05) is 0 Å². The summed E-state index contributed by atoms with van der Waals surface area (Å²) in [7, 11) is 0. The Morgan fingerprint density at radius 1 is 0.145 bits per heavy atom. The molecule has 0 unspecified atom stereocenters. The zero-order valence-corrected chi connectivity index (χ0v) is 42.1. The van der Waals surface area contributed by atoms with Gasteiger partial charge in [-0.15, -0.1) is 0 Å². The van der Waals surface area contributed by atoms with E-state index in [0.29, 0.717) is 0 Å². The van der Waals surface area contributed by atoms with Gasteiger partial charge in [0.15, 0.2) is 0 Å². The molecule has 10 aromatic carbocycles. The van der Waals surface area contributed by atoms with Crippen LogP contribution in [0.1, 0.15) is 89.5 Å². The highest BCUT2D eigenvalue weighted by Gasteiger charge is 2.48. The van der Waals surface area contributed by atoms with Crippen LogP contribution >= 0.6 is 0 Å². The molecule has 0 saturated heterocycles. The molecule has 360 valence electrons. The maximum atomic E-state index is 6.24. The first-order chi connectivity index (χ1) is 37.7. The molecule has 76 heavy (non-hydrogen) atoms. The molecule has 2 heteroatoms. The Labute approximate surface area is 446 Å². The van der Waals surface area contributed by atoms with Gasteiger partial charge in [-0.2, -0.15) is 0 Å². The van der Waals surface area contributed by atoms with E-state index < -0.39 is 21.7 Å². The first kappa shape index (κ1) is 46.3. The lowest BCUT2D eigenvalue weighted by Gasteiger charge is -2.42. The summed E-state index contributed by atoms with van der Waals surface area (Å²) < 4.78 is 0. The van der Waals surface area contributed by atoms with E-state index in [1.807, 2.05) is 0 Å². The van der Waals surface area contributed by atoms with E-state index in [-0.39, 0.29) is 0 Å². The molecule has 1 aliphatic rings. The number of hydrogen-bond donors (Lipinski definition) is 0. The molecular formula is C74H54N2. The first-order valence-electron chi connectivity index (χ1n) is 26.3. The van der Waals surface area contributed by atoms with Gasteiger partial charge in [-0.05, 0) is 91.0 Å². The van der Waals surface area contributed by atoms with Crippen molar-refractivity contribution >= 4 is 0 Å². The van der Waals surface area contributed by atoms with Crippen molar-refractivity contribution in [3.05, 3.63) is 417 Å². The second-order valence-corrected chi connectivity index (χ2v) is 19.9. The Kier molecular flexibility index (Phi) is 11.8. The minimum absolute atomic E-state index is 0.909. The standard InChI is InChI=1S/C74H54N2/c1-9-29-55(30-10-1)71(56-31-11-2-12-32-56)63-45-25-46-64(53-63)72(57-33-13-3-14-34-57,58-35-15-4-16-36-58)69-51-28-52-70(76-69)74(61-41-21-7-22-42-61,62-43-23-8-24-44-62)66-48-26-47-65(54-66)73(59-37-17-5-18-38-59,60-39-19-6-20-40-60)68-50-27-49-67(71)75-68/h1-54H. The molecule has 0 amide bonds. The second kappa shape index (κ2) is 19.4. The van der Waals surface area contributed by atoms with Crippen molar-refractivity contribution < 1.29 is 0 Å². The van der Waals surface area contributed by atoms with Gasteiger partial charge in [0.1, 0.15) is 0 Å². The summed E-state index contributed by atoms with van der Waals surface area (Å²) in [5, 5.41) is 0. The fourth-order valence-corrected chi connectivity index (χ4v) is 13.0. The number of rotatable bonds is 8. The fraction of sp³-hybridized carbons (Fsp3) is 0.0541. The fourth-order valence-electron chi connectivity index (χ4n) is 13.0. The van der Waals surface area contributed by atoms with Crippen LogP contribution in [-0.2, 0) is 21.7 Å².